The van der Waals surface area contributed by atoms with Gasteiger partial charge in [0.25, 0.3) is 0 Å². The highest BCUT2D eigenvalue weighted by atomic mass is 16.5. The van der Waals surface area contributed by atoms with Crippen LogP contribution in [-0.2, 0) is 23.7 Å². The van der Waals surface area contributed by atoms with Crippen LogP contribution in [0.25, 0.3) is 0 Å². The van der Waals surface area contributed by atoms with Crippen molar-refractivity contribution in [2.24, 2.45) is 0 Å². The zero-order valence-electron chi connectivity index (χ0n) is 18.0. The van der Waals surface area contributed by atoms with E-state index in [2.05, 4.69) is 13.8 Å². The molecular formula is C22H44O5. The topological polar surface area (TPSA) is 54.0 Å². The molecule has 5 heteroatoms. The number of carbonyl (C=O) groups excluding carboxylic acids is 1. The van der Waals surface area contributed by atoms with E-state index in [4.69, 9.17) is 18.9 Å². The van der Waals surface area contributed by atoms with Crippen LogP contribution in [0.5, 0.6) is 0 Å². The molecule has 0 atom stereocenters. The lowest BCUT2D eigenvalue weighted by Crippen LogP contribution is -2.11. The van der Waals surface area contributed by atoms with Crippen molar-refractivity contribution in [2.75, 3.05) is 46.2 Å². The summed E-state index contributed by atoms with van der Waals surface area (Å²) in [6.07, 6.45) is 13.7. The highest BCUT2D eigenvalue weighted by molar-refractivity contribution is 5.69. The van der Waals surface area contributed by atoms with Gasteiger partial charge in [-0.1, -0.05) is 65.2 Å². The van der Waals surface area contributed by atoms with E-state index in [0.717, 1.165) is 25.9 Å². The molecule has 0 aliphatic carbocycles. The zero-order chi connectivity index (χ0) is 19.8. The van der Waals surface area contributed by atoms with Crippen LogP contribution in [0.3, 0.4) is 0 Å². The van der Waals surface area contributed by atoms with Crippen LogP contribution in [-0.4, -0.2) is 52.2 Å². The normalized spacial score (nSPS) is 11.0. The highest BCUT2D eigenvalue weighted by Crippen LogP contribution is 2.08. The predicted octanol–water partition coefficient (Wildman–Crippen LogP) is 5.30. The van der Waals surface area contributed by atoms with Crippen LogP contribution >= 0.6 is 0 Å². The molecule has 0 saturated heterocycles. The Balaban J connectivity index is 3.06. The van der Waals surface area contributed by atoms with Gasteiger partial charge in [0.1, 0.15) is 0 Å². The summed E-state index contributed by atoms with van der Waals surface area (Å²) in [6.45, 7) is 8.67. The minimum Gasteiger partial charge on any atom is -0.466 e. The van der Waals surface area contributed by atoms with Crippen molar-refractivity contribution in [1.29, 1.82) is 0 Å². The maximum absolute atomic E-state index is 11.4. The van der Waals surface area contributed by atoms with Crippen LogP contribution in [0, 0.1) is 0 Å². The molecule has 0 radical (unpaired) electrons. The van der Waals surface area contributed by atoms with Gasteiger partial charge in [0, 0.05) is 19.6 Å². The van der Waals surface area contributed by atoms with Gasteiger partial charge in [-0.3, -0.25) is 4.79 Å². The molecule has 0 bridgehead atoms. The van der Waals surface area contributed by atoms with Crippen molar-refractivity contribution in [1.82, 2.24) is 0 Å². The number of hydrogen-bond acceptors (Lipinski definition) is 5. The van der Waals surface area contributed by atoms with Gasteiger partial charge in [-0.25, -0.2) is 0 Å². The highest BCUT2D eigenvalue weighted by Gasteiger charge is 2.02. The number of ether oxygens (including phenoxy) is 4. The third-order valence-electron chi connectivity index (χ3n) is 4.32. The van der Waals surface area contributed by atoms with Gasteiger partial charge in [0.2, 0.25) is 0 Å². The SMILES string of the molecule is CCCCCCCCCCOCCOCCOCCCC(=O)OCCCC. The molecule has 0 aromatic carbocycles. The molecule has 0 unspecified atom stereocenters. The Morgan fingerprint density at radius 1 is 0.519 bits per heavy atom. The number of esters is 1. The summed E-state index contributed by atoms with van der Waals surface area (Å²) >= 11 is 0. The summed E-state index contributed by atoms with van der Waals surface area (Å²) in [5.74, 6) is -0.128. The molecule has 0 N–H and O–H groups in total. The average molecular weight is 389 g/mol. The van der Waals surface area contributed by atoms with Crippen molar-refractivity contribution >= 4 is 5.97 Å². The van der Waals surface area contributed by atoms with Gasteiger partial charge in [-0.2, -0.15) is 0 Å². The Kier molecular flexibility index (Phi) is 22.8. The lowest BCUT2D eigenvalue weighted by molar-refractivity contribution is -0.144. The molecular weight excluding hydrogens is 344 g/mol. The second-order valence-electron chi connectivity index (χ2n) is 6.99. The fourth-order valence-corrected chi connectivity index (χ4v) is 2.60. The quantitative estimate of drug-likeness (QED) is 0.186. The Morgan fingerprint density at radius 2 is 1.00 bits per heavy atom. The van der Waals surface area contributed by atoms with Gasteiger partial charge in [0.15, 0.2) is 0 Å². The molecule has 0 aromatic heterocycles. The van der Waals surface area contributed by atoms with Crippen LogP contribution in [0.15, 0.2) is 0 Å². The van der Waals surface area contributed by atoms with Crippen molar-refractivity contribution in [3.63, 3.8) is 0 Å². The zero-order valence-corrected chi connectivity index (χ0v) is 18.0. The molecule has 0 amide bonds. The summed E-state index contributed by atoms with van der Waals surface area (Å²) in [5, 5.41) is 0. The monoisotopic (exact) mass is 388 g/mol. The minimum absolute atomic E-state index is 0.128. The fraction of sp³-hybridized carbons (Fsp3) is 0.955. The van der Waals surface area contributed by atoms with E-state index in [-0.39, 0.29) is 5.97 Å². The first-order chi connectivity index (χ1) is 13.3. The Labute approximate surface area is 167 Å². The van der Waals surface area contributed by atoms with Gasteiger partial charge in [-0.15, -0.1) is 0 Å². The molecule has 0 aromatic rings. The Morgan fingerprint density at radius 3 is 1.59 bits per heavy atom. The van der Waals surface area contributed by atoms with Gasteiger partial charge in [-0.05, 0) is 19.3 Å². The van der Waals surface area contributed by atoms with Gasteiger partial charge in [0.05, 0.1) is 33.0 Å². The third-order valence-corrected chi connectivity index (χ3v) is 4.32. The number of rotatable bonds is 22. The second kappa shape index (κ2) is 23.4. The number of unbranched alkanes of at least 4 members (excludes halogenated alkanes) is 8. The third kappa shape index (κ3) is 23.3. The minimum atomic E-state index is -0.128. The largest absolute Gasteiger partial charge is 0.466 e. The van der Waals surface area contributed by atoms with Crippen molar-refractivity contribution in [3.8, 4) is 0 Å². The van der Waals surface area contributed by atoms with Gasteiger partial charge >= 0.3 is 5.97 Å². The molecule has 27 heavy (non-hydrogen) atoms. The summed E-state index contributed by atoms with van der Waals surface area (Å²) in [4.78, 5) is 11.4. The van der Waals surface area contributed by atoms with E-state index >= 15 is 0 Å². The summed E-state index contributed by atoms with van der Waals surface area (Å²) < 4.78 is 21.6. The first-order valence-electron chi connectivity index (χ1n) is 11.2. The van der Waals surface area contributed by atoms with Gasteiger partial charge < -0.3 is 18.9 Å². The molecule has 162 valence electrons. The molecule has 0 fully saturated rings. The number of carbonyl (C=O) groups is 1. The van der Waals surface area contributed by atoms with Crippen molar-refractivity contribution in [2.45, 2.75) is 90.9 Å². The van der Waals surface area contributed by atoms with Crippen LogP contribution in [0.4, 0.5) is 0 Å². The summed E-state index contributed by atoms with van der Waals surface area (Å²) in [5.41, 5.74) is 0. The summed E-state index contributed by atoms with van der Waals surface area (Å²) in [7, 11) is 0. The Hall–Kier alpha value is -0.650. The van der Waals surface area contributed by atoms with Crippen LogP contribution in [0.1, 0.15) is 90.9 Å². The molecule has 0 saturated carbocycles. The van der Waals surface area contributed by atoms with E-state index in [1.807, 2.05) is 0 Å². The summed E-state index contributed by atoms with van der Waals surface area (Å²) in [6, 6.07) is 0. The Bertz CT molecular complexity index is 296. The van der Waals surface area contributed by atoms with Crippen molar-refractivity contribution in [3.05, 3.63) is 0 Å². The van der Waals surface area contributed by atoms with Crippen LogP contribution < -0.4 is 0 Å². The molecule has 0 spiro atoms. The standard InChI is InChI=1S/C22H44O5/c1-3-5-7-8-9-10-11-12-15-24-18-20-26-21-19-25-16-13-14-22(23)27-17-6-4-2/h3-21H2,1-2H3. The molecule has 0 aliphatic rings. The average Bonchev–Trinajstić information content (AvgIpc) is 2.67. The molecule has 0 aliphatic heterocycles. The maximum atomic E-state index is 11.4. The molecule has 0 heterocycles. The van der Waals surface area contributed by atoms with E-state index in [1.165, 1.54) is 44.9 Å². The lowest BCUT2D eigenvalue weighted by Gasteiger charge is -2.07. The van der Waals surface area contributed by atoms with E-state index < -0.39 is 0 Å². The van der Waals surface area contributed by atoms with E-state index in [0.29, 0.717) is 52.5 Å². The molecule has 0 rings (SSSR count). The number of hydrogen-bond donors (Lipinski definition) is 0. The maximum Gasteiger partial charge on any atom is 0.305 e. The second-order valence-corrected chi connectivity index (χ2v) is 6.99. The van der Waals surface area contributed by atoms with E-state index in [1.54, 1.807) is 0 Å². The first-order valence-corrected chi connectivity index (χ1v) is 11.2. The van der Waals surface area contributed by atoms with E-state index in [9.17, 15) is 4.79 Å². The van der Waals surface area contributed by atoms with Crippen molar-refractivity contribution < 1.29 is 23.7 Å². The predicted molar refractivity (Wildman–Crippen MR) is 110 cm³/mol. The van der Waals surface area contributed by atoms with Crippen LogP contribution in [0.2, 0.25) is 0 Å². The first kappa shape index (κ1) is 26.4. The fourth-order valence-electron chi connectivity index (χ4n) is 2.60. The lowest BCUT2D eigenvalue weighted by atomic mass is 10.1. The smallest absolute Gasteiger partial charge is 0.305 e. The molecule has 5 nitrogen and oxygen atoms in total.